The second-order valence-corrected chi connectivity index (χ2v) is 6.28. The molecule has 1 saturated heterocycles. The maximum absolute atomic E-state index is 4.74. The van der Waals surface area contributed by atoms with E-state index in [2.05, 4.69) is 39.3 Å². The van der Waals surface area contributed by atoms with Gasteiger partial charge in [0, 0.05) is 32.2 Å². The number of thioether (sulfide) groups is 1. The van der Waals surface area contributed by atoms with Crippen molar-refractivity contribution in [2.24, 2.45) is 0 Å². The summed E-state index contributed by atoms with van der Waals surface area (Å²) in [5.41, 5.74) is 1.61. The first-order chi connectivity index (χ1) is 10.7. The van der Waals surface area contributed by atoms with E-state index in [1.807, 2.05) is 6.26 Å². The summed E-state index contributed by atoms with van der Waals surface area (Å²) in [7, 11) is 0. The molecule has 1 aliphatic rings. The molecule has 2 N–H and O–H groups in total. The van der Waals surface area contributed by atoms with E-state index >= 15 is 0 Å². The summed E-state index contributed by atoms with van der Waals surface area (Å²) in [6, 6.07) is 0.279. The minimum atomic E-state index is 0.279. The molecular formula is C14H21N7S. The molecule has 2 aromatic heterocycles. The van der Waals surface area contributed by atoms with Crippen LogP contribution in [0.15, 0.2) is 11.4 Å². The van der Waals surface area contributed by atoms with Gasteiger partial charge >= 0.3 is 0 Å². The van der Waals surface area contributed by atoms with Crippen LogP contribution in [-0.2, 0) is 0 Å². The standard InChI is InChI=1S/C14H21N7S/c1-9(2)18-12-10-11(13(22-3)17-8-16-10)19-14(20-12)21-6-4-15-5-7-21/h8-9,15H,4-7H2,1-3H3,(H,18,19,20). The molecule has 118 valence electrons. The Balaban J connectivity index is 2.12. The van der Waals surface area contributed by atoms with Crippen LogP contribution in [0.1, 0.15) is 13.8 Å². The van der Waals surface area contributed by atoms with Crippen molar-refractivity contribution >= 4 is 34.6 Å². The lowest BCUT2D eigenvalue weighted by Gasteiger charge is -2.28. The number of aromatic nitrogens is 4. The highest BCUT2D eigenvalue weighted by molar-refractivity contribution is 7.98. The van der Waals surface area contributed by atoms with E-state index in [0.717, 1.165) is 54.0 Å². The van der Waals surface area contributed by atoms with Gasteiger partial charge in [-0.15, -0.1) is 11.8 Å². The zero-order chi connectivity index (χ0) is 15.5. The third-order valence-corrected chi connectivity index (χ3v) is 4.14. The largest absolute Gasteiger partial charge is 0.366 e. The number of piperazine rings is 1. The lowest BCUT2D eigenvalue weighted by molar-refractivity contribution is 0.580. The van der Waals surface area contributed by atoms with E-state index in [4.69, 9.17) is 9.97 Å². The summed E-state index contributed by atoms with van der Waals surface area (Å²) in [6.45, 7) is 7.91. The first kappa shape index (κ1) is 15.2. The van der Waals surface area contributed by atoms with Crippen LogP contribution in [0.25, 0.3) is 11.0 Å². The molecule has 0 aliphatic carbocycles. The van der Waals surface area contributed by atoms with Crippen molar-refractivity contribution < 1.29 is 0 Å². The summed E-state index contributed by atoms with van der Waals surface area (Å²) >= 11 is 1.58. The number of hydrogen-bond donors (Lipinski definition) is 2. The minimum absolute atomic E-state index is 0.279. The molecule has 0 amide bonds. The van der Waals surface area contributed by atoms with E-state index in [0.29, 0.717) is 0 Å². The minimum Gasteiger partial charge on any atom is -0.366 e. The van der Waals surface area contributed by atoms with Gasteiger partial charge in [0.1, 0.15) is 22.4 Å². The van der Waals surface area contributed by atoms with E-state index in [-0.39, 0.29) is 6.04 Å². The molecule has 2 aromatic rings. The fourth-order valence-corrected chi connectivity index (χ4v) is 2.93. The van der Waals surface area contributed by atoms with Crippen LogP contribution in [0.4, 0.5) is 11.8 Å². The Kier molecular flexibility index (Phi) is 4.58. The zero-order valence-electron chi connectivity index (χ0n) is 13.1. The van der Waals surface area contributed by atoms with Gasteiger partial charge in [-0.25, -0.2) is 15.0 Å². The second-order valence-electron chi connectivity index (χ2n) is 5.49. The predicted octanol–water partition coefficient (Wildman–Crippen LogP) is 1.37. The topological polar surface area (TPSA) is 78.9 Å². The molecule has 7 nitrogen and oxygen atoms in total. The molecule has 0 radical (unpaired) electrons. The van der Waals surface area contributed by atoms with Crippen molar-refractivity contribution in [3.63, 3.8) is 0 Å². The molecule has 0 unspecified atom stereocenters. The molecule has 0 saturated carbocycles. The van der Waals surface area contributed by atoms with Crippen LogP contribution in [0.5, 0.6) is 0 Å². The normalized spacial score (nSPS) is 15.5. The van der Waals surface area contributed by atoms with Crippen molar-refractivity contribution in [3.05, 3.63) is 6.33 Å². The Bertz CT molecular complexity index is 655. The van der Waals surface area contributed by atoms with Gasteiger partial charge in [0.05, 0.1) is 0 Å². The Morgan fingerprint density at radius 2 is 1.95 bits per heavy atom. The number of hydrogen-bond acceptors (Lipinski definition) is 8. The van der Waals surface area contributed by atoms with Crippen molar-refractivity contribution in [2.45, 2.75) is 24.9 Å². The van der Waals surface area contributed by atoms with Crippen LogP contribution >= 0.6 is 11.8 Å². The van der Waals surface area contributed by atoms with Gasteiger partial charge in [0.25, 0.3) is 0 Å². The lowest BCUT2D eigenvalue weighted by atomic mass is 10.3. The quantitative estimate of drug-likeness (QED) is 0.646. The van der Waals surface area contributed by atoms with Crippen LogP contribution in [-0.4, -0.2) is 58.4 Å². The Morgan fingerprint density at radius 1 is 1.18 bits per heavy atom. The average Bonchev–Trinajstić information content (AvgIpc) is 2.54. The molecule has 3 rings (SSSR count). The summed E-state index contributed by atoms with van der Waals surface area (Å²) < 4.78 is 0. The Hall–Kier alpha value is -1.67. The molecule has 1 fully saturated rings. The fourth-order valence-electron chi connectivity index (χ4n) is 2.44. The maximum Gasteiger partial charge on any atom is 0.228 e. The Labute approximate surface area is 134 Å². The molecule has 8 heteroatoms. The maximum atomic E-state index is 4.74. The lowest BCUT2D eigenvalue weighted by Crippen LogP contribution is -2.44. The summed E-state index contributed by atoms with van der Waals surface area (Å²) in [6.07, 6.45) is 3.58. The number of anilines is 2. The van der Waals surface area contributed by atoms with E-state index < -0.39 is 0 Å². The fraction of sp³-hybridized carbons (Fsp3) is 0.571. The van der Waals surface area contributed by atoms with Crippen LogP contribution in [0.3, 0.4) is 0 Å². The second kappa shape index (κ2) is 6.62. The van der Waals surface area contributed by atoms with Gasteiger partial charge in [-0.1, -0.05) is 0 Å². The number of rotatable bonds is 4. The van der Waals surface area contributed by atoms with Gasteiger partial charge < -0.3 is 15.5 Å². The first-order valence-electron chi connectivity index (χ1n) is 7.48. The van der Waals surface area contributed by atoms with E-state index in [9.17, 15) is 0 Å². The highest BCUT2D eigenvalue weighted by atomic mass is 32.2. The van der Waals surface area contributed by atoms with Crippen molar-refractivity contribution in [1.82, 2.24) is 25.3 Å². The molecule has 0 bridgehead atoms. The van der Waals surface area contributed by atoms with Crippen LogP contribution < -0.4 is 15.5 Å². The third-order valence-electron chi connectivity index (χ3n) is 3.46. The summed E-state index contributed by atoms with van der Waals surface area (Å²) in [4.78, 5) is 20.4. The van der Waals surface area contributed by atoms with Gasteiger partial charge in [-0.2, -0.15) is 4.98 Å². The summed E-state index contributed by atoms with van der Waals surface area (Å²) in [5, 5.41) is 7.62. The van der Waals surface area contributed by atoms with Gasteiger partial charge in [0.15, 0.2) is 5.82 Å². The highest BCUT2D eigenvalue weighted by Gasteiger charge is 2.18. The molecule has 0 spiro atoms. The van der Waals surface area contributed by atoms with Crippen molar-refractivity contribution in [1.29, 1.82) is 0 Å². The Morgan fingerprint density at radius 3 is 2.64 bits per heavy atom. The van der Waals surface area contributed by atoms with Crippen LogP contribution in [0.2, 0.25) is 0 Å². The number of nitrogens with zero attached hydrogens (tertiary/aromatic N) is 5. The SMILES string of the molecule is CSc1ncnc2c(NC(C)C)nc(N3CCNCC3)nc12. The van der Waals surface area contributed by atoms with Crippen molar-refractivity contribution in [3.8, 4) is 0 Å². The first-order valence-corrected chi connectivity index (χ1v) is 8.70. The monoisotopic (exact) mass is 319 g/mol. The molecule has 3 heterocycles. The highest BCUT2D eigenvalue weighted by Crippen LogP contribution is 2.27. The average molecular weight is 319 g/mol. The molecule has 0 aromatic carbocycles. The smallest absolute Gasteiger partial charge is 0.228 e. The molecule has 0 atom stereocenters. The molecule has 1 aliphatic heterocycles. The molecule has 22 heavy (non-hydrogen) atoms. The predicted molar refractivity (Wildman–Crippen MR) is 90.8 cm³/mol. The van der Waals surface area contributed by atoms with E-state index in [1.165, 1.54) is 0 Å². The van der Waals surface area contributed by atoms with Crippen LogP contribution in [0, 0.1) is 0 Å². The summed E-state index contributed by atoms with van der Waals surface area (Å²) in [5.74, 6) is 1.54. The third kappa shape index (κ3) is 3.07. The molecular weight excluding hydrogens is 298 g/mol. The number of fused-ring (bicyclic) bond motifs is 1. The van der Waals surface area contributed by atoms with E-state index in [1.54, 1.807) is 18.1 Å². The van der Waals surface area contributed by atoms with Gasteiger partial charge in [0.2, 0.25) is 5.95 Å². The zero-order valence-corrected chi connectivity index (χ0v) is 13.9. The van der Waals surface area contributed by atoms with Gasteiger partial charge in [-0.3, -0.25) is 0 Å². The number of nitrogens with one attached hydrogen (secondary N) is 2. The van der Waals surface area contributed by atoms with Crippen molar-refractivity contribution in [2.75, 3.05) is 42.7 Å². The van der Waals surface area contributed by atoms with Gasteiger partial charge in [-0.05, 0) is 20.1 Å².